The zero-order chi connectivity index (χ0) is 11.4. The Kier molecular flexibility index (Phi) is 4.49. The third kappa shape index (κ3) is 3.12. The van der Waals surface area contributed by atoms with Crippen molar-refractivity contribution in [1.29, 1.82) is 0 Å². The second kappa shape index (κ2) is 5.89. The van der Waals surface area contributed by atoms with Gasteiger partial charge in [-0.2, -0.15) is 11.8 Å². The van der Waals surface area contributed by atoms with Gasteiger partial charge >= 0.3 is 0 Å². The van der Waals surface area contributed by atoms with Crippen molar-refractivity contribution in [3.05, 3.63) is 0 Å². The first-order valence-corrected chi connectivity index (χ1v) is 7.24. The molecule has 16 heavy (non-hydrogen) atoms. The summed E-state index contributed by atoms with van der Waals surface area (Å²) < 4.78 is 0. The van der Waals surface area contributed by atoms with Crippen LogP contribution in [-0.2, 0) is 4.79 Å². The maximum atomic E-state index is 12.1. The maximum Gasteiger partial charge on any atom is 0.224 e. The molecule has 0 bridgehead atoms. The number of hydrogen-bond acceptors (Lipinski definition) is 4. The molecule has 0 aromatic heterocycles. The van der Waals surface area contributed by atoms with Crippen LogP contribution >= 0.6 is 11.8 Å². The highest BCUT2D eigenvalue weighted by atomic mass is 32.2. The lowest BCUT2D eigenvalue weighted by Crippen LogP contribution is -2.53. The zero-order valence-electron chi connectivity index (χ0n) is 9.87. The average Bonchev–Trinajstić information content (AvgIpc) is 2.31. The second-order valence-electron chi connectivity index (χ2n) is 4.57. The molecular weight excluding hydrogens is 222 g/mol. The molecule has 2 heterocycles. The Morgan fingerprint density at radius 2 is 2.38 bits per heavy atom. The molecule has 5 heteroatoms. The van der Waals surface area contributed by atoms with Gasteiger partial charge in [0.15, 0.2) is 0 Å². The summed E-state index contributed by atoms with van der Waals surface area (Å²) in [5, 5.41) is 6.73. The van der Waals surface area contributed by atoms with E-state index in [1.54, 1.807) is 0 Å². The Morgan fingerprint density at radius 3 is 3.06 bits per heavy atom. The summed E-state index contributed by atoms with van der Waals surface area (Å²) in [5.74, 6) is 2.56. The summed E-state index contributed by atoms with van der Waals surface area (Å²) in [5.41, 5.74) is 0. The fraction of sp³-hybridized carbons (Fsp3) is 0.909. The highest BCUT2D eigenvalue weighted by Crippen LogP contribution is 2.13. The molecule has 0 aromatic rings. The van der Waals surface area contributed by atoms with Crippen LogP contribution in [0.25, 0.3) is 0 Å². The Bertz CT molecular complexity index is 243. The van der Waals surface area contributed by atoms with Crippen LogP contribution in [0, 0.1) is 0 Å². The maximum absolute atomic E-state index is 12.1. The van der Waals surface area contributed by atoms with Crippen LogP contribution < -0.4 is 10.6 Å². The van der Waals surface area contributed by atoms with Gasteiger partial charge in [0.2, 0.25) is 5.91 Å². The lowest BCUT2D eigenvalue weighted by Gasteiger charge is -2.35. The highest BCUT2D eigenvalue weighted by Gasteiger charge is 2.25. The Hall–Kier alpha value is -0.260. The van der Waals surface area contributed by atoms with Crippen LogP contribution in [0.1, 0.15) is 13.3 Å². The van der Waals surface area contributed by atoms with E-state index in [4.69, 9.17) is 0 Å². The number of thioether (sulfide) groups is 1. The predicted octanol–water partition coefficient (Wildman–Crippen LogP) is -0.0982. The normalized spacial score (nSPS) is 31.4. The molecule has 2 aliphatic rings. The van der Waals surface area contributed by atoms with Crippen molar-refractivity contribution in [2.24, 2.45) is 0 Å². The molecule has 0 radical (unpaired) electrons. The first kappa shape index (κ1) is 12.2. The van der Waals surface area contributed by atoms with E-state index in [0.717, 1.165) is 31.9 Å². The summed E-state index contributed by atoms with van der Waals surface area (Å²) in [7, 11) is 0. The van der Waals surface area contributed by atoms with Crippen molar-refractivity contribution < 1.29 is 4.79 Å². The monoisotopic (exact) mass is 243 g/mol. The molecule has 0 aromatic carbocycles. The van der Waals surface area contributed by atoms with E-state index in [1.165, 1.54) is 5.75 Å². The number of carbonyl (C=O) groups is 1. The lowest BCUT2D eigenvalue weighted by atomic mass is 10.1. The highest BCUT2D eigenvalue weighted by molar-refractivity contribution is 7.99. The summed E-state index contributed by atoms with van der Waals surface area (Å²) in [4.78, 5) is 14.2. The van der Waals surface area contributed by atoms with Gasteiger partial charge in [-0.15, -0.1) is 0 Å². The molecular formula is C11H21N3OS. The van der Waals surface area contributed by atoms with Gasteiger partial charge in [-0.25, -0.2) is 0 Å². The largest absolute Gasteiger partial charge is 0.337 e. The van der Waals surface area contributed by atoms with Crippen molar-refractivity contribution in [2.75, 3.05) is 37.7 Å². The standard InChI is InChI=1S/C11H21N3OS/c1-9-7-12-2-4-14(9)11(15)6-10-8-16-5-3-13-10/h9-10,12-13H,2-8H2,1H3. The number of amides is 1. The minimum atomic E-state index is 0.314. The molecule has 2 atom stereocenters. The van der Waals surface area contributed by atoms with Crippen molar-refractivity contribution >= 4 is 17.7 Å². The Morgan fingerprint density at radius 1 is 1.50 bits per heavy atom. The van der Waals surface area contributed by atoms with Gasteiger partial charge in [0.05, 0.1) is 0 Å². The van der Waals surface area contributed by atoms with Crippen molar-refractivity contribution in [3.63, 3.8) is 0 Å². The minimum Gasteiger partial charge on any atom is -0.337 e. The van der Waals surface area contributed by atoms with E-state index < -0.39 is 0 Å². The topological polar surface area (TPSA) is 44.4 Å². The van der Waals surface area contributed by atoms with Crippen LogP contribution in [0.4, 0.5) is 0 Å². The van der Waals surface area contributed by atoms with Crippen molar-refractivity contribution in [3.8, 4) is 0 Å². The quantitative estimate of drug-likeness (QED) is 0.711. The molecule has 2 N–H and O–H groups in total. The van der Waals surface area contributed by atoms with Gasteiger partial charge in [-0.1, -0.05) is 0 Å². The fourth-order valence-electron chi connectivity index (χ4n) is 2.29. The molecule has 2 rings (SSSR count). The third-order valence-electron chi connectivity index (χ3n) is 3.24. The summed E-state index contributed by atoms with van der Waals surface area (Å²) in [6.45, 7) is 5.88. The molecule has 2 saturated heterocycles. The summed E-state index contributed by atoms with van der Waals surface area (Å²) in [6, 6.07) is 0.728. The lowest BCUT2D eigenvalue weighted by molar-refractivity contribution is -0.134. The molecule has 2 fully saturated rings. The fourth-order valence-corrected chi connectivity index (χ4v) is 3.24. The summed E-state index contributed by atoms with van der Waals surface area (Å²) in [6.07, 6.45) is 0.664. The van der Waals surface area contributed by atoms with Crippen molar-refractivity contribution in [1.82, 2.24) is 15.5 Å². The molecule has 2 unspecified atom stereocenters. The van der Waals surface area contributed by atoms with E-state index in [0.29, 0.717) is 24.4 Å². The number of nitrogens with zero attached hydrogens (tertiary/aromatic N) is 1. The first-order valence-electron chi connectivity index (χ1n) is 6.08. The van der Waals surface area contributed by atoms with Gasteiger partial charge < -0.3 is 15.5 Å². The number of hydrogen-bond donors (Lipinski definition) is 2. The van der Waals surface area contributed by atoms with Gasteiger partial charge in [-0.05, 0) is 6.92 Å². The number of carbonyl (C=O) groups excluding carboxylic acids is 1. The van der Waals surface area contributed by atoms with Gasteiger partial charge in [0.1, 0.15) is 0 Å². The van der Waals surface area contributed by atoms with Crippen LogP contribution in [0.3, 0.4) is 0 Å². The second-order valence-corrected chi connectivity index (χ2v) is 5.72. The molecule has 0 spiro atoms. The molecule has 0 aliphatic carbocycles. The predicted molar refractivity (Wildman–Crippen MR) is 67.8 cm³/mol. The SMILES string of the molecule is CC1CNCCN1C(=O)CC1CSCCN1. The van der Waals surface area contributed by atoms with Crippen LogP contribution in [0.2, 0.25) is 0 Å². The van der Waals surface area contributed by atoms with Gasteiger partial charge in [0.25, 0.3) is 0 Å². The molecule has 1 amide bonds. The van der Waals surface area contributed by atoms with Crippen LogP contribution in [-0.4, -0.2) is 60.6 Å². The Balaban J connectivity index is 1.81. The van der Waals surface area contributed by atoms with E-state index in [-0.39, 0.29) is 0 Å². The van der Waals surface area contributed by atoms with Crippen molar-refractivity contribution in [2.45, 2.75) is 25.4 Å². The molecule has 92 valence electrons. The smallest absolute Gasteiger partial charge is 0.224 e. The van der Waals surface area contributed by atoms with Gasteiger partial charge in [-0.3, -0.25) is 4.79 Å². The first-order chi connectivity index (χ1) is 7.77. The summed E-state index contributed by atoms with van der Waals surface area (Å²) >= 11 is 1.95. The molecule has 0 saturated carbocycles. The zero-order valence-corrected chi connectivity index (χ0v) is 10.7. The van der Waals surface area contributed by atoms with E-state index in [1.807, 2.05) is 16.7 Å². The number of rotatable bonds is 2. The van der Waals surface area contributed by atoms with E-state index >= 15 is 0 Å². The minimum absolute atomic E-state index is 0.314. The molecule has 2 aliphatic heterocycles. The van der Waals surface area contributed by atoms with Crippen LogP contribution in [0.5, 0.6) is 0 Å². The average molecular weight is 243 g/mol. The van der Waals surface area contributed by atoms with E-state index in [9.17, 15) is 4.79 Å². The number of piperazine rings is 1. The third-order valence-corrected chi connectivity index (χ3v) is 4.37. The number of nitrogens with one attached hydrogen (secondary N) is 2. The Labute approximate surface area is 102 Å². The van der Waals surface area contributed by atoms with Gasteiger partial charge in [0, 0.05) is 56.2 Å². The van der Waals surface area contributed by atoms with E-state index in [2.05, 4.69) is 17.6 Å². The van der Waals surface area contributed by atoms with Crippen LogP contribution in [0.15, 0.2) is 0 Å². The molecule has 4 nitrogen and oxygen atoms in total.